The maximum Gasteiger partial charge on any atom is 0.282 e. The predicted molar refractivity (Wildman–Crippen MR) is 133 cm³/mol. The molecule has 0 bridgehead atoms. The van der Waals surface area contributed by atoms with Crippen LogP contribution in [0.4, 0.5) is 17.1 Å². The summed E-state index contributed by atoms with van der Waals surface area (Å²) in [6.07, 6.45) is 0. The summed E-state index contributed by atoms with van der Waals surface area (Å²) >= 11 is 0. The van der Waals surface area contributed by atoms with Gasteiger partial charge in [-0.1, -0.05) is 24.3 Å². The van der Waals surface area contributed by atoms with E-state index in [1.165, 1.54) is 4.90 Å². The van der Waals surface area contributed by atoms with Gasteiger partial charge in [-0.3, -0.25) is 9.59 Å². The van der Waals surface area contributed by atoms with Gasteiger partial charge >= 0.3 is 0 Å². The van der Waals surface area contributed by atoms with Crippen LogP contribution in [-0.4, -0.2) is 33.0 Å². The molecule has 3 aromatic rings. The topological polar surface area (TPSA) is 61.9 Å². The van der Waals surface area contributed by atoms with Crippen molar-refractivity contribution in [3.05, 3.63) is 89.1 Å². The summed E-state index contributed by atoms with van der Waals surface area (Å²) in [5.41, 5.74) is 5.66. The quantitative estimate of drug-likeness (QED) is 0.558. The van der Waals surface area contributed by atoms with Gasteiger partial charge in [0, 0.05) is 25.5 Å². The molecule has 0 atom stereocenters. The SMILES string of the molecule is COc1ccc(C2=C(Nc3cccc(C)c3C)C(=O)N(c3ccc(N(C)C)cc3)C2=O)cc1. The third-order valence-corrected chi connectivity index (χ3v) is 5.95. The number of carbonyl (C=O) groups excluding carboxylic acids is 2. The van der Waals surface area contributed by atoms with Crippen molar-refractivity contribution < 1.29 is 14.3 Å². The van der Waals surface area contributed by atoms with E-state index in [0.29, 0.717) is 22.6 Å². The molecule has 3 aromatic carbocycles. The number of ether oxygens (including phenoxy) is 1. The van der Waals surface area contributed by atoms with Crippen LogP contribution in [0.3, 0.4) is 0 Å². The number of nitrogens with one attached hydrogen (secondary N) is 1. The van der Waals surface area contributed by atoms with Gasteiger partial charge in [0.15, 0.2) is 0 Å². The molecule has 1 aliphatic rings. The van der Waals surface area contributed by atoms with E-state index in [4.69, 9.17) is 4.74 Å². The fourth-order valence-corrected chi connectivity index (χ4v) is 3.83. The highest BCUT2D eigenvalue weighted by molar-refractivity contribution is 6.46. The molecule has 4 rings (SSSR count). The zero-order valence-corrected chi connectivity index (χ0v) is 19.5. The van der Waals surface area contributed by atoms with Gasteiger partial charge in [0.1, 0.15) is 11.4 Å². The first kappa shape index (κ1) is 22.1. The van der Waals surface area contributed by atoms with Crippen LogP contribution in [0.25, 0.3) is 5.57 Å². The van der Waals surface area contributed by atoms with E-state index in [0.717, 1.165) is 22.5 Å². The van der Waals surface area contributed by atoms with Crippen molar-refractivity contribution in [2.75, 3.05) is 36.3 Å². The van der Waals surface area contributed by atoms with Crippen molar-refractivity contribution in [1.29, 1.82) is 0 Å². The molecule has 2 amide bonds. The maximum atomic E-state index is 13.6. The van der Waals surface area contributed by atoms with Gasteiger partial charge in [0.25, 0.3) is 11.8 Å². The highest BCUT2D eigenvalue weighted by Crippen LogP contribution is 2.35. The second-order valence-electron chi connectivity index (χ2n) is 8.21. The zero-order chi connectivity index (χ0) is 23.7. The number of aryl methyl sites for hydroxylation is 1. The summed E-state index contributed by atoms with van der Waals surface area (Å²) in [5, 5.41) is 3.26. The number of anilines is 3. The van der Waals surface area contributed by atoms with E-state index < -0.39 is 0 Å². The Kier molecular flexibility index (Phi) is 5.92. The highest BCUT2D eigenvalue weighted by atomic mass is 16.5. The molecule has 168 valence electrons. The largest absolute Gasteiger partial charge is 0.497 e. The Balaban J connectivity index is 1.80. The van der Waals surface area contributed by atoms with Gasteiger partial charge in [-0.15, -0.1) is 0 Å². The van der Waals surface area contributed by atoms with E-state index in [2.05, 4.69) is 5.32 Å². The molecule has 6 nitrogen and oxygen atoms in total. The Morgan fingerprint density at radius 3 is 2.12 bits per heavy atom. The van der Waals surface area contributed by atoms with Crippen LogP contribution in [-0.2, 0) is 9.59 Å². The molecule has 33 heavy (non-hydrogen) atoms. The van der Waals surface area contributed by atoms with E-state index in [1.54, 1.807) is 43.5 Å². The fourth-order valence-electron chi connectivity index (χ4n) is 3.83. The fraction of sp³-hybridized carbons (Fsp3) is 0.185. The lowest BCUT2D eigenvalue weighted by Gasteiger charge is -2.18. The molecule has 1 aliphatic heterocycles. The van der Waals surface area contributed by atoms with Gasteiger partial charge < -0.3 is 15.0 Å². The molecule has 6 heteroatoms. The van der Waals surface area contributed by atoms with Gasteiger partial charge in [-0.25, -0.2) is 4.90 Å². The van der Waals surface area contributed by atoms with Crippen LogP contribution in [0.2, 0.25) is 0 Å². The number of amides is 2. The Morgan fingerprint density at radius 2 is 1.52 bits per heavy atom. The summed E-state index contributed by atoms with van der Waals surface area (Å²) in [6, 6.07) is 20.4. The number of nitrogens with zero attached hydrogens (tertiary/aromatic N) is 2. The third kappa shape index (κ3) is 4.07. The Labute approximate surface area is 194 Å². The second kappa shape index (κ2) is 8.82. The summed E-state index contributed by atoms with van der Waals surface area (Å²) < 4.78 is 5.25. The van der Waals surface area contributed by atoms with Crippen LogP contribution < -0.4 is 19.9 Å². The number of hydrogen-bond acceptors (Lipinski definition) is 5. The molecule has 1 heterocycles. The Bertz CT molecular complexity index is 1240. The van der Waals surface area contributed by atoms with Crippen molar-refractivity contribution in [2.45, 2.75) is 13.8 Å². The first-order valence-corrected chi connectivity index (χ1v) is 10.7. The molecular formula is C27H27N3O3. The van der Waals surface area contributed by atoms with Crippen molar-refractivity contribution >= 4 is 34.4 Å². The van der Waals surface area contributed by atoms with E-state index in [1.807, 2.05) is 63.2 Å². The molecule has 1 N–H and O–H groups in total. The highest BCUT2D eigenvalue weighted by Gasteiger charge is 2.40. The number of carbonyl (C=O) groups is 2. The number of methoxy groups -OCH3 is 1. The van der Waals surface area contributed by atoms with Crippen molar-refractivity contribution in [3.8, 4) is 5.75 Å². The lowest BCUT2D eigenvalue weighted by molar-refractivity contribution is -0.120. The van der Waals surface area contributed by atoms with Crippen LogP contribution in [0.15, 0.2) is 72.4 Å². The average molecular weight is 442 g/mol. The minimum atomic E-state index is -0.385. The van der Waals surface area contributed by atoms with E-state index >= 15 is 0 Å². The number of imide groups is 1. The molecular weight excluding hydrogens is 414 g/mol. The van der Waals surface area contributed by atoms with Crippen LogP contribution in [0.1, 0.15) is 16.7 Å². The van der Waals surface area contributed by atoms with E-state index in [9.17, 15) is 9.59 Å². The smallest absolute Gasteiger partial charge is 0.282 e. The molecule has 0 fully saturated rings. The van der Waals surface area contributed by atoms with Gasteiger partial charge in [0.2, 0.25) is 0 Å². The Hall–Kier alpha value is -4.06. The lowest BCUT2D eigenvalue weighted by Crippen LogP contribution is -2.32. The normalized spacial score (nSPS) is 13.5. The molecule has 0 saturated heterocycles. The monoisotopic (exact) mass is 441 g/mol. The minimum absolute atomic E-state index is 0.260. The molecule has 0 spiro atoms. The Morgan fingerprint density at radius 1 is 0.848 bits per heavy atom. The number of rotatable bonds is 6. The molecule has 0 aliphatic carbocycles. The summed E-state index contributed by atoms with van der Waals surface area (Å²) in [7, 11) is 5.47. The van der Waals surface area contributed by atoms with Crippen LogP contribution >= 0.6 is 0 Å². The van der Waals surface area contributed by atoms with Crippen molar-refractivity contribution in [1.82, 2.24) is 0 Å². The first-order chi connectivity index (χ1) is 15.8. The standard InChI is InChI=1S/C27H27N3O3/c1-17-7-6-8-23(18(17)2)28-25-24(19-9-15-22(33-5)16-10-19)26(31)30(27(25)32)21-13-11-20(12-14-21)29(3)4/h6-16,28H,1-5H3. The minimum Gasteiger partial charge on any atom is -0.497 e. The van der Waals surface area contributed by atoms with Crippen molar-refractivity contribution in [2.24, 2.45) is 0 Å². The van der Waals surface area contributed by atoms with E-state index in [-0.39, 0.29) is 17.5 Å². The zero-order valence-electron chi connectivity index (χ0n) is 19.5. The molecule has 0 radical (unpaired) electrons. The van der Waals surface area contributed by atoms with Gasteiger partial charge in [0.05, 0.1) is 18.4 Å². The number of hydrogen-bond donors (Lipinski definition) is 1. The third-order valence-electron chi connectivity index (χ3n) is 5.95. The molecule has 0 saturated carbocycles. The average Bonchev–Trinajstić information content (AvgIpc) is 3.06. The summed E-state index contributed by atoms with van der Waals surface area (Å²) in [6.45, 7) is 4.00. The van der Waals surface area contributed by atoms with Gasteiger partial charge in [-0.2, -0.15) is 0 Å². The van der Waals surface area contributed by atoms with Gasteiger partial charge in [-0.05, 0) is 73.0 Å². The van der Waals surface area contributed by atoms with Crippen molar-refractivity contribution in [3.63, 3.8) is 0 Å². The number of benzene rings is 3. The lowest BCUT2D eigenvalue weighted by atomic mass is 10.0. The second-order valence-corrected chi connectivity index (χ2v) is 8.21. The first-order valence-electron chi connectivity index (χ1n) is 10.7. The summed E-state index contributed by atoms with van der Waals surface area (Å²) in [4.78, 5) is 30.4. The van der Waals surface area contributed by atoms with Crippen LogP contribution in [0, 0.1) is 13.8 Å². The van der Waals surface area contributed by atoms with Crippen LogP contribution in [0.5, 0.6) is 5.75 Å². The molecule has 0 unspecified atom stereocenters. The predicted octanol–water partition coefficient (Wildman–Crippen LogP) is 4.77. The molecule has 0 aromatic heterocycles. The summed E-state index contributed by atoms with van der Waals surface area (Å²) in [5.74, 6) is -0.0730. The maximum absolute atomic E-state index is 13.6.